The number of allylic oxidation sites excluding steroid dienone is 1. The van der Waals surface area contributed by atoms with Crippen molar-refractivity contribution in [1.82, 2.24) is 0 Å². The molecule has 1 nitrogen and oxygen atoms in total. The highest BCUT2D eigenvalue weighted by Gasteiger charge is 2.25. The molecule has 1 fully saturated rings. The molecule has 0 aromatic heterocycles. The van der Waals surface area contributed by atoms with Gasteiger partial charge in [-0.15, -0.1) is 0 Å². The maximum Gasteiger partial charge on any atom is 0.0747 e. The van der Waals surface area contributed by atoms with Gasteiger partial charge in [0, 0.05) is 0 Å². The van der Waals surface area contributed by atoms with Crippen molar-refractivity contribution in [2.24, 2.45) is 5.92 Å². The van der Waals surface area contributed by atoms with Crippen LogP contribution in [0.5, 0.6) is 0 Å². The average molecular weight is 154 g/mol. The minimum atomic E-state index is -0.199. The van der Waals surface area contributed by atoms with Crippen LogP contribution < -0.4 is 0 Å². The highest BCUT2D eigenvalue weighted by atomic mass is 16.3. The standard InChI is InChI=1S/C10H18O/c1-4-10(11)8(3)7(2)9-5-6-9/h9-11H,4-6H2,1-3H3. The zero-order valence-electron chi connectivity index (χ0n) is 7.72. The topological polar surface area (TPSA) is 20.2 Å². The van der Waals surface area contributed by atoms with E-state index in [1.165, 1.54) is 24.0 Å². The predicted molar refractivity (Wildman–Crippen MR) is 47.4 cm³/mol. The molecule has 1 N–H and O–H groups in total. The van der Waals surface area contributed by atoms with Gasteiger partial charge in [-0.2, -0.15) is 0 Å². The molecule has 1 unspecified atom stereocenters. The molecule has 0 heterocycles. The highest BCUT2D eigenvalue weighted by Crippen LogP contribution is 2.38. The number of aliphatic hydroxyl groups excluding tert-OH is 1. The molecule has 0 saturated heterocycles. The maximum atomic E-state index is 9.52. The molecule has 0 bridgehead atoms. The van der Waals surface area contributed by atoms with E-state index in [0.717, 1.165) is 12.3 Å². The largest absolute Gasteiger partial charge is 0.389 e. The van der Waals surface area contributed by atoms with Crippen molar-refractivity contribution in [3.05, 3.63) is 11.1 Å². The molecule has 0 aliphatic heterocycles. The molecule has 0 aromatic rings. The summed E-state index contributed by atoms with van der Waals surface area (Å²) in [6, 6.07) is 0. The molecule has 0 spiro atoms. The summed E-state index contributed by atoms with van der Waals surface area (Å²) in [5, 5.41) is 9.52. The van der Waals surface area contributed by atoms with Crippen molar-refractivity contribution in [3.8, 4) is 0 Å². The number of hydrogen-bond acceptors (Lipinski definition) is 1. The van der Waals surface area contributed by atoms with Gasteiger partial charge in [0.1, 0.15) is 0 Å². The molecule has 1 atom stereocenters. The lowest BCUT2D eigenvalue weighted by molar-refractivity contribution is 0.205. The van der Waals surface area contributed by atoms with Crippen molar-refractivity contribution in [1.29, 1.82) is 0 Å². The first kappa shape index (κ1) is 8.79. The molecule has 0 amide bonds. The molecule has 1 aliphatic rings. The van der Waals surface area contributed by atoms with E-state index in [2.05, 4.69) is 13.8 Å². The van der Waals surface area contributed by atoms with Crippen LogP contribution in [0.4, 0.5) is 0 Å². The van der Waals surface area contributed by atoms with Gasteiger partial charge in [-0.25, -0.2) is 0 Å². The van der Waals surface area contributed by atoms with Crippen LogP contribution in [-0.2, 0) is 0 Å². The van der Waals surface area contributed by atoms with Crippen LogP contribution in [-0.4, -0.2) is 11.2 Å². The van der Waals surface area contributed by atoms with E-state index >= 15 is 0 Å². The Morgan fingerprint density at radius 2 is 2.00 bits per heavy atom. The Labute approximate surface area is 69.1 Å². The Balaban J connectivity index is 2.59. The number of rotatable bonds is 3. The van der Waals surface area contributed by atoms with Crippen molar-refractivity contribution in [2.45, 2.75) is 46.1 Å². The third-order valence-electron chi connectivity index (χ3n) is 2.70. The van der Waals surface area contributed by atoms with Gasteiger partial charge in [-0.3, -0.25) is 0 Å². The molecular weight excluding hydrogens is 136 g/mol. The van der Waals surface area contributed by atoms with Crippen molar-refractivity contribution >= 4 is 0 Å². The van der Waals surface area contributed by atoms with E-state index in [0.29, 0.717) is 0 Å². The first-order chi connectivity index (χ1) is 5.16. The molecule has 1 rings (SSSR count). The Morgan fingerprint density at radius 3 is 2.36 bits per heavy atom. The predicted octanol–water partition coefficient (Wildman–Crippen LogP) is 2.50. The van der Waals surface area contributed by atoms with Gasteiger partial charge in [-0.05, 0) is 44.6 Å². The van der Waals surface area contributed by atoms with Gasteiger partial charge in [0.25, 0.3) is 0 Å². The smallest absolute Gasteiger partial charge is 0.0747 e. The highest BCUT2D eigenvalue weighted by molar-refractivity contribution is 5.19. The Morgan fingerprint density at radius 1 is 1.45 bits per heavy atom. The molecule has 0 radical (unpaired) electrons. The molecule has 0 aromatic carbocycles. The summed E-state index contributed by atoms with van der Waals surface area (Å²) in [5.74, 6) is 0.802. The van der Waals surface area contributed by atoms with Crippen molar-refractivity contribution in [3.63, 3.8) is 0 Å². The molecule has 11 heavy (non-hydrogen) atoms. The van der Waals surface area contributed by atoms with Crippen LogP contribution in [0.15, 0.2) is 11.1 Å². The lowest BCUT2D eigenvalue weighted by Gasteiger charge is -2.11. The Kier molecular flexibility index (Phi) is 2.72. The van der Waals surface area contributed by atoms with E-state index in [-0.39, 0.29) is 6.10 Å². The van der Waals surface area contributed by atoms with E-state index < -0.39 is 0 Å². The minimum absolute atomic E-state index is 0.199. The summed E-state index contributed by atoms with van der Waals surface area (Å²) in [6.07, 6.45) is 3.31. The first-order valence-corrected chi connectivity index (χ1v) is 4.52. The van der Waals surface area contributed by atoms with Crippen LogP contribution >= 0.6 is 0 Å². The third kappa shape index (κ3) is 2.06. The maximum absolute atomic E-state index is 9.52. The average Bonchev–Trinajstić information content (AvgIpc) is 2.82. The number of hydrogen-bond donors (Lipinski definition) is 1. The van der Waals surface area contributed by atoms with Gasteiger partial charge in [0.05, 0.1) is 6.10 Å². The summed E-state index contributed by atoms with van der Waals surface area (Å²) < 4.78 is 0. The van der Waals surface area contributed by atoms with Gasteiger partial charge in [0.2, 0.25) is 0 Å². The summed E-state index contributed by atoms with van der Waals surface area (Å²) in [7, 11) is 0. The zero-order chi connectivity index (χ0) is 8.43. The third-order valence-corrected chi connectivity index (χ3v) is 2.70. The fraction of sp³-hybridized carbons (Fsp3) is 0.800. The summed E-state index contributed by atoms with van der Waals surface area (Å²) >= 11 is 0. The molecule has 1 saturated carbocycles. The minimum Gasteiger partial charge on any atom is -0.389 e. The van der Waals surface area contributed by atoms with Crippen LogP contribution in [0.25, 0.3) is 0 Å². The summed E-state index contributed by atoms with van der Waals surface area (Å²) in [6.45, 7) is 6.24. The van der Waals surface area contributed by atoms with Crippen LogP contribution in [0.3, 0.4) is 0 Å². The second kappa shape index (κ2) is 3.40. The van der Waals surface area contributed by atoms with Crippen LogP contribution in [0.1, 0.15) is 40.0 Å². The Bertz CT molecular complexity index is 166. The monoisotopic (exact) mass is 154 g/mol. The SMILES string of the molecule is CCC(O)C(C)=C(C)C1CC1. The summed E-state index contributed by atoms with van der Waals surface area (Å²) in [5.41, 5.74) is 2.63. The molecule has 1 heteroatoms. The van der Waals surface area contributed by atoms with Crippen molar-refractivity contribution in [2.75, 3.05) is 0 Å². The molecule has 64 valence electrons. The van der Waals surface area contributed by atoms with E-state index in [4.69, 9.17) is 0 Å². The molecular formula is C10H18O. The van der Waals surface area contributed by atoms with Crippen LogP contribution in [0, 0.1) is 5.92 Å². The normalized spacial score (nSPS) is 22.9. The Hall–Kier alpha value is -0.300. The second-order valence-corrected chi connectivity index (χ2v) is 3.56. The van der Waals surface area contributed by atoms with Gasteiger partial charge in [0.15, 0.2) is 0 Å². The van der Waals surface area contributed by atoms with Gasteiger partial charge in [-0.1, -0.05) is 12.5 Å². The zero-order valence-corrected chi connectivity index (χ0v) is 7.72. The lowest BCUT2D eigenvalue weighted by Crippen LogP contribution is -2.08. The van der Waals surface area contributed by atoms with E-state index in [9.17, 15) is 5.11 Å². The quantitative estimate of drug-likeness (QED) is 0.619. The second-order valence-electron chi connectivity index (χ2n) is 3.56. The van der Waals surface area contributed by atoms with E-state index in [1.54, 1.807) is 0 Å². The van der Waals surface area contributed by atoms with Gasteiger partial charge >= 0.3 is 0 Å². The fourth-order valence-corrected chi connectivity index (χ4v) is 1.41. The first-order valence-electron chi connectivity index (χ1n) is 4.52. The summed E-state index contributed by atoms with van der Waals surface area (Å²) in [4.78, 5) is 0. The lowest BCUT2D eigenvalue weighted by atomic mass is 10.0. The fourth-order valence-electron chi connectivity index (χ4n) is 1.41. The van der Waals surface area contributed by atoms with Crippen molar-refractivity contribution < 1.29 is 5.11 Å². The van der Waals surface area contributed by atoms with E-state index in [1.807, 2.05) is 6.92 Å². The van der Waals surface area contributed by atoms with Gasteiger partial charge < -0.3 is 5.11 Å². The number of aliphatic hydroxyl groups is 1. The van der Waals surface area contributed by atoms with Crippen LogP contribution in [0.2, 0.25) is 0 Å². The molecule has 1 aliphatic carbocycles.